The highest BCUT2D eigenvalue weighted by Crippen LogP contribution is 2.20. The second-order valence-corrected chi connectivity index (χ2v) is 4.99. The van der Waals surface area contributed by atoms with Crippen molar-refractivity contribution < 1.29 is 9.53 Å². The van der Waals surface area contributed by atoms with Gasteiger partial charge in [0.05, 0.1) is 17.4 Å². The number of anilines is 1. The summed E-state index contributed by atoms with van der Waals surface area (Å²) < 4.78 is 6.06. The van der Waals surface area contributed by atoms with E-state index < -0.39 is 5.97 Å². The highest BCUT2D eigenvalue weighted by molar-refractivity contribution is 9.10. The number of hydrogen-bond donors (Lipinski definition) is 1. The van der Waals surface area contributed by atoms with E-state index in [9.17, 15) is 4.79 Å². The van der Waals surface area contributed by atoms with Crippen molar-refractivity contribution in [3.8, 4) is 0 Å². The first-order chi connectivity index (χ1) is 9.08. The zero-order chi connectivity index (χ0) is 13.8. The Bertz CT molecular complexity index is 619. The molecule has 0 aliphatic heterocycles. The molecule has 2 N–H and O–H groups in total. The van der Waals surface area contributed by atoms with E-state index in [0.29, 0.717) is 5.69 Å². The second kappa shape index (κ2) is 6.04. The molecule has 0 atom stereocenters. The number of carbonyl (C=O) groups excluding carboxylic acids is 1. The Morgan fingerprint density at radius 3 is 2.89 bits per heavy atom. The van der Waals surface area contributed by atoms with Crippen molar-refractivity contribution in [3.63, 3.8) is 0 Å². The lowest BCUT2D eigenvalue weighted by Crippen LogP contribution is -2.07. The molecule has 1 heterocycles. The molecule has 0 aliphatic rings. The molecular formula is C13H10BrClN2O2. The van der Waals surface area contributed by atoms with Crippen LogP contribution in [0.3, 0.4) is 0 Å². The van der Waals surface area contributed by atoms with Crippen LogP contribution in [0.4, 0.5) is 5.69 Å². The van der Waals surface area contributed by atoms with Crippen LogP contribution in [0.1, 0.15) is 15.9 Å². The number of halogens is 2. The third kappa shape index (κ3) is 3.45. The van der Waals surface area contributed by atoms with Gasteiger partial charge in [-0.15, -0.1) is 0 Å². The smallest absolute Gasteiger partial charge is 0.341 e. The minimum atomic E-state index is -0.555. The van der Waals surface area contributed by atoms with Gasteiger partial charge in [0, 0.05) is 10.0 Å². The molecular weight excluding hydrogens is 332 g/mol. The standard InChI is InChI=1S/C13H10BrClN2O2/c14-11-4-2-1-3-8(11)7-19-13(18)10-5-9(16)6-17-12(10)15/h1-6H,7,16H2. The number of pyridine rings is 1. The molecule has 6 heteroatoms. The van der Waals surface area contributed by atoms with Gasteiger partial charge in [0.15, 0.2) is 0 Å². The Morgan fingerprint density at radius 2 is 2.16 bits per heavy atom. The number of carbonyl (C=O) groups is 1. The predicted octanol–water partition coefficient (Wildman–Crippen LogP) is 3.44. The number of ether oxygens (including phenoxy) is 1. The highest BCUT2D eigenvalue weighted by Gasteiger charge is 2.14. The zero-order valence-corrected chi connectivity index (χ0v) is 12.1. The van der Waals surface area contributed by atoms with Gasteiger partial charge in [0.25, 0.3) is 0 Å². The maximum atomic E-state index is 11.9. The molecule has 98 valence electrons. The van der Waals surface area contributed by atoms with E-state index in [4.69, 9.17) is 22.1 Å². The maximum Gasteiger partial charge on any atom is 0.341 e. The summed E-state index contributed by atoms with van der Waals surface area (Å²) in [5.41, 5.74) is 6.94. The highest BCUT2D eigenvalue weighted by atomic mass is 79.9. The molecule has 2 rings (SSSR count). The van der Waals surface area contributed by atoms with Crippen molar-refractivity contribution in [3.05, 3.63) is 57.3 Å². The van der Waals surface area contributed by atoms with E-state index in [0.717, 1.165) is 10.0 Å². The van der Waals surface area contributed by atoms with Crippen LogP contribution < -0.4 is 5.73 Å². The molecule has 0 amide bonds. The Balaban J connectivity index is 2.10. The van der Waals surface area contributed by atoms with Crippen LogP contribution >= 0.6 is 27.5 Å². The first-order valence-electron chi connectivity index (χ1n) is 5.39. The molecule has 0 fully saturated rings. The molecule has 0 saturated carbocycles. The Morgan fingerprint density at radius 1 is 1.42 bits per heavy atom. The molecule has 1 aromatic carbocycles. The van der Waals surface area contributed by atoms with E-state index in [-0.39, 0.29) is 17.3 Å². The molecule has 19 heavy (non-hydrogen) atoms. The minimum absolute atomic E-state index is 0.0753. The lowest BCUT2D eigenvalue weighted by atomic mass is 10.2. The average molecular weight is 342 g/mol. The zero-order valence-electron chi connectivity index (χ0n) is 9.77. The summed E-state index contributed by atoms with van der Waals surface area (Å²) in [6, 6.07) is 8.92. The first kappa shape index (κ1) is 13.8. The molecule has 0 saturated heterocycles. The fraction of sp³-hybridized carbons (Fsp3) is 0.0769. The van der Waals surface area contributed by atoms with Crippen molar-refractivity contribution >= 4 is 39.2 Å². The van der Waals surface area contributed by atoms with Gasteiger partial charge in [-0.3, -0.25) is 0 Å². The van der Waals surface area contributed by atoms with Gasteiger partial charge in [-0.1, -0.05) is 45.7 Å². The van der Waals surface area contributed by atoms with Crippen molar-refractivity contribution in [2.75, 3.05) is 5.73 Å². The quantitative estimate of drug-likeness (QED) is 0.686. The topological polar surface area (TPSA) is 65.2 Å². The van der Waals surface area contributed by atoms with Crippen LogP contribution in [-0.2, 0) is 11.3 Å². The van der Waals surface area contributed by atoms with Crippen molar-refractivity contribution in [1.29, 1.82) is 0 Å². The summed E-state index contributed by atoms with van der Waals surface area (Å²) in [4.78, 5) is 15.7. The van der Waals surface area contributed by atoms with Crippen molar-refractivity contribution in [2.45, 2.75) is 6.61 Å². The van der Waals surface area contributed by atoms with Crippen LogP contribution in [0.25, 0.3) is 0 Å². The van der Waals surface area contributed by atoms with Crippen LogP contribution in [0.2, 0.25) is 5.15 Å². The second-order valence-electron chi connectivity index (χ2n) is 3.77. The van der Waals surface area contributed by atoms with Crippen LogP contribution in [0.5, 0.6) is 0 Å². The minimum Gasteiger partial charge on any atom is -0.457 e. The SMILES string of the molecule is Nc1cnc(Cl)c(C(=O)OCc2ccccc2Br)c1. The van der Waals surface area contributed by atoms with Gasteiger partial charge < -0.3 is 10.5 Å². The largest absolute Gasteiger partial charge is 0.457 e. The van der Waals surface area contributed by atoms with Gasteiger partial charge in [0.2, 0.25) is 0 Å². The molecule has 0 radical (unpaired) electrons. The molecule has 0 unspecified atom stereocenters. The van der Waals surface area contributed by atoms with E-state index in [2.05, 4.69) is 20.9 Å². The summed E-state index contributed by atoms with van der Waals surface area (Å²) in [5, 5.41) is 0.0753. The van der Waals surface area contributed by atoms with E-state index in [1.165, 1.54) is 12.3 Å². The average Bonchev–Trinajstić information content (AvgIpc) is 2.40. The van der Waals surface area contributed by atoms with Crippen LogP contribution in [0, 0.1) is 0 Å². The predicted molar refractivity (Wildman–Crippen MR) is 76.9 cm³/mol. The summed E-state index contributed by atoms with van der Waals surface area (Å²) in [6.45, 7) is 0.144. The number of benzene rings is 1. The van der Waals surface area contributed by atoms with E-state index >= 15 is 0 Å². The number of rotatable bonds is 3. The summed E-state index contributed by atoms with van der Waals surface area (Å²) in [7, 11) is 0. The van der Waals surface area contributed by atoms with Gasteiger partial charge in [-0.25, -0.2) is 9.78 Å². The Hall–Kier alpha value is -1.59. The molecule has 0 spiro atoms. The molecule has 0 aliphatic carbocycles. The molecule has 0 bridgehead atoms. The Labute approximate surface area is 123 Å². The van der Waals surface area contributed by atoms with E-state index in [1.54, 1.807) is 0 Å². The van der Waals surface area contributed by atoms with Gasteiger partial charge in [-0.2, -0.15) is 0 Å². The normalized spacial score (nSPS) is 10.2. The third-order valence-electron chi connectivity index (χ3n) is 2.40. The van der Waals surface area contributed by atoms with Crippen molar-refractivity contribution in [1.82, 2.24) is 4.98 Å². The fourth-order valence-electron chi connectivity index (χ4n) is 1.44. The summed E-state index contributed by atoms with van der Waals surface area (Å²) in [6.07, 6.45) is 1.38. The number of esters is 1. The van der Waals surface area contributed by atoms with E-state index in [1.807, 2.05) is 24.3 Å². The number of nitrogens with two attached hydrogens (primary N) is 1. The van der Waals surface area contributed by atoms with Crippen LogP contribution in [0.15, 0.2) is 41.0 Å². The van der Waals surface area contributed by atoms with Gasteiger partial charge >= 0.3 is 5.97 Å². The first-order valence-corrected chi connectivity index (χ1v) is 6.56. The number of nitrogens with zero attached hydrogens (tertiary/aromatic N) is 1. The number of aromatic nitrogens is 1. The summed E-state index contributed by atoms with van der Waals surface area (Å²) in [5.74, 6) is -0.555. The molecule has 2 aromatic rings. The maximum absolute atomic E-state index is 11.9. The van der Waals surface area contributed by atoms with Gasteiger partial charge in [0.1, 0.15) is 11.8 Å². The Kier molecular flexibility index (Phi) is 4.39. The lowest BCUT2D eigenvalue weighted by Gasteiger charge is -2.07. The lowest BCUT2D eigenvalue weighted by molar-refractivity contribution is 0.0472. The monoisotopic (exact) mass is 340 g/mol. The van der Waals surface area contributed by atoms with Crippen LogP contribution in [-0.4, -0.2) is 11.0 Å². The summed E-state index contributed by atoms with van der Waals surface area (Å²) >= 11 is 9.21. The third-order valence-corrected chi connectivity index (χ3v) is 3.47. The fourth-order valence-corrected chi connectivity index (χ4v) is 2.02. The van der Waals surface area contributed by atoms with Gasteiger partial charge in [-0.05, 0) is 12.1 Å². The number of hydrogen-bond acceptors (Lipinski definition) is 4. The van der Waals surface area contributed by atoms with Crippen molar-refractivity contribution in [2.24, 2.45) is 0 Å². The molecule has 4 nitrogen and oxygen atoms in total. The molecule has 1 aromatic heterocycles. The number of nitrogen functional groups attached to an aromatic ring is 1.